The van der Waals surface area contributed by atoms with Crippen LogP contribution < -0.4 is 21.7 Å². The maximum atomic E-state index is 11.5. The van der Waals surface area contributed by atoms with Crippen LogP contribution in [-0.4, -0.2) is 30.1 Å². The monoisotopic (exact) mass is 283 g/mol. The predicted octanol–water partition coefficient (Wildman–Crippen LogP) is 1.14. The summed E-state index contributed by atoms with van der Waals surface area (Å²) in [7, 11) is 0. The second-order valence-electron chi connectivity index (χ2n) is 4.06. The molecule has 0 aliphatic carbocycles. The lowest BCUT2D eigenvalue weighted by molar-refractivity contribution is 0.0950. The minimum Gasteiger partial charge on any atom is -0.492 e. The van der Waals surface area contributed by atoms with Crippen LogP contribution in [0, 0.1) is 0 Å². The zero-order chi connectivity index (χ0) is 14.1. The van der Waals surface area contributed by atoms with Gasteiger partial charge in [0.2, 0.25) is 0 Å². The Hall–Kier alpha value is -1.24. The van der Waals surface area contributed by atoms with E-state index in [1.807, 2.05) is 6.07 Å². The Morgan fingerprint density at radius 3 is 2.89 bits per heavy atom. The molecule has 0 saturated heterocycles. The fraction of sp³-hybridized carbons (Fsp3) is 0.462. The highest BCUT2D eigenvalue weighted by molar-refractivity contribution is 7.99. The Labute approximate surface area is 118 Å². The standard InChI is InChI=1S/C13H21N3O2S/c1-2-10(14)9-19-8-7-18-12-6-4-3-5-11(12)13(17)16-15/h3-6,10H,2,7-9,14-15H2,1H3,(H,16,17). The lowest BCUT2D eigenvalue weighted by Gasteiger charge is -2.11. The number of rotatable bonds is 8. The third kappa shape index (κ3) is 5.50. The van der Waals surface area contributed by atoms with Crippen molar-refractivity contribution < 1.29 is 9.53 Å². The van der Waals surface area contributed by atoms with Gasteiger partial charge in [0, 0.05) is 17.5 Å². The molecule has 0 fully saturated rings. The highest BCUT2D eigenvalue weighted by Crippen LogP contribution is 2.18. The van der Waals surface area contributed by atoms with Gasteiger partial charge < -0.3 is 10.5 Å². The SMILES string of the molecule is CCC(N)CSCCOc1ccccc1C(=O)NN. The summed E-state index contributed by atoms with van der Waals surface area (Å²) >= 11 is 1.75. The molecule has 0 bridgehead atoms. The average Bonchev–Trinajstić information content (AvgIpc) is 2.46. The first kappa shape index (κ1) is 15.8. The van der Waals surface area contributed by atoms with Gasteiger partial charge in [-0.2, -0.15) is 11.8 Å². The van der Waals surface area contributed by atoms with Crippen LogP contribution in [-0.2, 0) is 0 Å². The molecule has 0 heterocycles. The molecule has 0 aromatic heterocycles. The number of carbonyl (C=O) groups excluding carboxylic acids is 1. The Morgan fingerprint density at radius 1 is 1.47 bits per heavy atom. The Balaban J connectivity index is 2.39. The third-order valence-corrected chi connectivity index (χ3v) is 3.72. The van der Waals surface area contributed by atoms with Crippen molar-refractivity contribution in [1.29, 1.82) is 0 Å². The highest BCUT2D eigenvalue weighted by Gasteiger charge is 2.10. The van der Waals surface area contributed by atoms with E-state index in [2.05, 4.69) is 12.3 Å². The lowest BCUT2D eigenvalue weighted by atomic mass is 10.2. The molecule has 0 saturated carbocycles. The van der Waals surface area contributed by atoms with Gasteiger partial charge in [-0.25, -0.2) is 5.84 Å². The van der Waals surface area contributed by atoms with Crippen LogP contribution in [0.1, 0.15) is 23.7 Å². The largest absolute Gasteiger partial charge is 0.492 e. The predicted molar refractivity (Wildman–Crippen MR) is 79.2 cm³/mol. The average molecular weight is 283 g/mol. The third-order valence-electron chi connectivity index (χ3n) is 2.60. The summed E-state index contributed by atoms with van der Waals surface area (Å²) in [5, 5.41) is 0. The number of thioether (sulfide) groups is 1. The van der Waals surface area contributed by atoms with Crippen molar-refractivity contribution in [2.24, 2.45) is 11.6 Å². The Morgan fingerprint density at radius 2 is 2.21 bits per heavy atom. The molecule has 19 heavy (non-hydrogen) atoms. The number of carbonyl (C=O) groups is 1. The first-order valence-corrected chi connectivity index (χ1v) is 7.40. The van der Waals surface area contributed by atoms with Gasteiger partial charge in [0.1, 0.15) is 5.75 Å². The number of benzene rings is 1. The van der Waals surface area contributed by atoms with Crippen LogP contribution in [0.3, 0.4) is 0 Å². The second kappa shape index (κ2) is 8.79. The molecule has 1 rings (SSSR count). The summed E-state index contributed by atoms with van der Waals surface area (Å²) in [6.45, 7) is 2.61. The first-order valence-electron chi connectivity index (χ1n) is 6.25. The molecule has 1 aromatic rings. The Kier molecular flexibility index (Phi) is 7.32. The minimum absolute atomic E-state index is 0.236. The second-order valence-corrected chi connectivity index (χ2v) is 5.21. The van der Waals surface area contributed by atoms with Gasteiger partial charge in [-0.15, -0.1) is 0 Å². The van der Waals surface area contributed by atoms with E-state index in [0.717, 1.165) is 17.9 Å². The Bertz CT molecular complexity index is 401. The van der Waals surface area contributed by atoms with Crippen molar-refractivity contribution in [2.45, 2.75) is 19.4 Å². The fourth-order valence-electron chi connectivity index (χ4n) is 1.42. The maximum absolute atomic E-state index is 11.5. The zero-order valence-electron chi connectivity index (χ0n) is 11.1. The number of nitrogens with two attached hydrogens (primary N) is 2. The van der Waals surface area contributed by atoms with Crippen molar-refractivity contribution in [3.8, 4) is 5.75 Å². The van der Waals surface area contributed by atoms with Gasteiger partial charge >= 0.3 is 0 Å². The lowest BCUT2D eigenvalue weighted by Crippen LogP contribution is -2.30. The van der Waals surface area contributed by atoms with E-state index in [4.69, 9.17) is 16.3 Å². The van der Waals surface area contributed by atoms with E-state index in [0.29, 0.717) is 17.9 Å². The van der Waals surface area contributed by atoms with Crippen LogP contribution >= 0.6 is 11.8 Å². The molecule has 1 amide bonds. The number of hydrogen-bond acceptors (Lipinski definition) is 5. The summed E-state index contributed by atoms with van der Waals surface area (Å²) in [5.74, 6) is 7.08. The molecule has 1 atom stereocenters. The molecular formula is C13H21N3O2S. The van der Waals surface area contributed by atoms with Gasteiger partial charge in [-0.05, 0) is 18.6 Å². The van der Waals surface area contributed by atoms with E-state index in [1.54, 1.807) is 30.0 Å². The number of hydrazine groups is 1. The van der Waals surface area contributed by atoms with Crippen molar-refractivity contribution in [3.63, 3.8) is 0 Å². The van der Waals surface area contributed by atoms with E-state index in [9.17, 15) is 4.79 Å². The highest BCUT2D eigenvalue weighted by atomic mass is 32.2. The normalized spacial score (nSPS) is 11.9. The number of nitrogens with one attached hydrogen (secondary N) is 1. The molecule has 5 nitrogen and oxygen atoms in total. The van der Waals surface area contributed by atoms with Crippen LogP contribution in [0.5, 0.6) is 5.75 Å². The molecule has 5 N–H and O–H groups in total. The van der Waals surface area contributed by atoms with E-state index in [1.165, 1.54) is 0 Å². The quantitative estimate of drug-likeness (QED) is 0.288. The number of hydrogen-bond donors (Lipinski definition) is 3. The minimum atomic E-state index is -0.351. The summed E-state index contributed by atoms with van der Waals surface area (Å²) in [5.41, 5.74) is 8.37. The van der Waals surface area contributed by atoms with Crippen LogP contribution in [0.25, 0.3) is 0 Å². The molecular weight excluding hydrogens is 262 g/mol. The van der Waals surface area contributed by atoms with Crippen molar-refractivity contribution in [1.82, 2.24) is 5.43 Å². The molecule has 106 valence electrons. The van der Waals surface area contributed by atoms with Gasteiger partial charge in [0.25, 0.3) is 5.91 Å². The molecule has 0 radical (unpaired) electrons. The number of para-hydroxylation sites is 1. The number of amides is 1. The van der Waals surface area contributed by atoms with Crippen molar-refractivity contribution in [3.05, 3.63) is 29.8 Å². The van der Waals surface area contributed by atoms with E-state index >= 15 is 0 Å². The van der Waals surface area contributed by atoms with E-state index in [-0.39, 0.29) is 11.9 Å². The van der Waals surface area contributed by atoms with Gasteiger partial charge in [-0.3, -0.25) is 10.2 Å². The topological polar surface area (TPSA) is 90.4 Å². The number of nitrogen functional groups attached to an aromatic ring is 1. The fourth-order valence-corrected chi connectivity index (χ4v) is 2.33. The molecule has 0 aliphatic heterocycles. The first-order chi connectivity index (χ1) is 9.19. The molecule has 1 unspecified atom stereocenters. The van der Waals surface area contributed by atoms with Crippen molar-refractivity contribution >= 4 is 17.7 Å². The smallest absolute Gasteiger partial charge is 0.268 e. The summed E-state index contributed by atoms with van der Waals surface area (Å²) < 4.78 is 5.60. The van der Waals surface area contributed by atoms with Crippen molar-refractivity contribution in [2.75, 3.05) is 18.1 Å². The molecule has 1 aromatic carbocycles. The van der Waals surface area contributed by atoms with Crippen LogP contribution in [0.15, 0.2) is 24.3 Å². The molecule has 0 aliphatic rings. The van der Waals surface area contributed by atoms with E-state index < -0.39 is 0 Å². The summed E-state index contributed by atoms with van der Waals surface area (Å²) in [6, 6.07) is 7.26. The molecule has 0 spiro atoms. The van der Waals surface area contributed by atoms with Gasteiger partial charge in [0.05, 0.1) is 12.2 Å². The number of ether oxygens (including phenoxy) is 1. The summed E-state index contributed by atoms with van der Waals surface area (Å²) in [4.78, 5) is 11.5. The summed E-state index contributed by atoms with van der Waals surface area (Å²) in [6.07, 6.45) is 0.980. The maximum Gasteiger partial charge on any atom is 0.268 e. The van der Waals surface area contributed by atoms with Gasteiger partial charge in [-0.1, -0.05) is 19.1 Å². The van der Waals surface area contributed by atoms with Crippen LogP contribution in [0.2, 0.25) is 0 Å². The van der Waals surface area contributed by atoms with Crippen LogP contribution in [0.4, 0.5) is 0 Å². The molecule has 6 heteroatoms. The van der Waals surface area contributed by atoms with Gasteiger partial charge in [0.15, 0.2) is 0 Å². The zero-order valence-corrected chi connectivity index (χ0v) is 11.9.